The van der Waals surface area contributed by atoms with Crippen LogP contribution in [0.4, 0.5) is 4.79 Å². The SMILES string of the molecule is CC=COC1CCN(C(=O)OC(C)(C)C)CC1. The normalized spacial score (nSPS) is 18.5. The van der Waals surface area contributed by atoms with Crippen LogP contribution in [0.5, 0.6) is 0 Å². The van der Waals surface area contributed by atoms with Crippen LogP contribution in [0, 0.1) is 0 Å². The fraction of sp³-hybridized carbons (Fsp3) is 0.769. The summed E-state index contributed by atoms with van der Waals surface area (Å²) in [7, 11) is 0. The van der Waals surface area contributed by atoms with E-state index >= 15 is 0 Å². The van der Waals surface area contributed by atoms with Gasteiger partial charge in [-0.1, -0.05) is 6.08 Å². The molecule has 1 rings (SSSR count). The van der Waals surface area contributed by atoms with Gasteiger partial charge in [0.25, 0.3) is 0 Å². The number of carbonyl (C=O) groups is 1. The Morgan fingerprint density at radius 3 is 2.35 bits per heavy atom. The standard InChI is InChI=1S/C13H23NO3/c1-5-10-16-11-6-8-14(9-7-11)12(15)17-13(2,3)4/h5,10-11H,6-9H2,1-4H3. The minimum Gasteiger partial charge on any atom is -0.498 e. The van der Waals surface area contributed by atoms with Crippen LogP contribution in [0.25, 0.3) is 0 Å². The van der Waals surface area contributed by atoms with Crippen molar-refractivity contribution in [3.63, 3.8) is 0 Å². The van der Waals surface area contributed by atoms with E-state index in [0.717, 1.165) is 12.8 Å². The van der Waals surface area contributed by atoms with Crippen molar-refractivity contribution in [3.05, 3.63) is 12.3 Å². The molecule has 0 aliphatic carbocycles. The molecule has 0 bridgehead atoms. The number of allylic oxidation sites excluding steroid dienone is 1. The van der Waals surface area contributed by atoms with E-state index in [2.05, 4.69) is 0 Å². The topological polar surface area (TPSA) is 38.8 Å². The van der Waals surface area contributed by atoms with E-state index in [1.54, 1.807) is 11.2 Å². The van der Waals surface area contributed by atoms with Gasteiger partial charge in [-0.2, -0.15) is 0 Å². The number of ether oxygens (including phenoxy) is 2. The lowest BCUT2D eigenvalue weighted by molar-refractivity contribution is 0.00774. The van der Waals surface area contributed by atoms with E-state index in [9.17, 15) is 4.79 Å². The highest BCUT2D eigenvalue weighted by Crippen LogP contribution is 2.17. The molecule has 98 valence electrons. The summed E-state index contributed by atoms with van der Waals surface area (Å²) < 4.78 is 10.8. The first kappa shape index (κ1) is 13.9. The Morgan fingerprint density at radius 2 is 1.88 bits per heavy atom. The number of piperidine rings is 1. The van der Waals surface area contributed by atoms with Crippen molar-refractivity contribution in [1.29, 1.82) is 0 Å². The molecule has 4 heteroatoms. The number of carbonyl (C=O) groups excluding carboxylic acids is 1. The summed E-state index contributed by atoms with van der Waals surface area (Å²) in [6.07, 6.45) is 5.33. The number of nitrogens with zero attached hydrogens (tertiary/aromatic N) is 1. The van der Waals surface area contributed by atoms with Crippen molar-refractivity contribution in [1.82, 2.24) is 4.90 Å². The Kier molecular flexibility index (Phi) is 4.85. The Balaban J connectivity index is 2.34. The van der Waals surface area contributed by atoms with Gasteiger partial charge in [-0.05, 0) is 27.7 Å². The molecule has 1 heterocycles. The summed E-state index contributed by atoms with van der Waals surface area (Å²) in [4.78, 5) is 13.5. The second kappa shape index (κ2) is 5.94. The van der Waals surface area contributed by atoms with Gasteiger partial charge in [0.05, 0.1) is 6.26 Å². The Morgan fingerprint density at radius 1 is 1.29 bits per heavy atom. The van der Waals surface area contributed by atoms with Crippen LogP contribution < -0.4 is 0 Å². The molecule has 0 atom stereocenters. The van der Waals surface area contributed by atoms with E-state index in [-0.39, 0.29) is 12.2 Å². The van der Waals surface area contributed by atoms with Crippen molar-refractivity contribution in [2.24, 2.45) is 0 Å². The molecule has 0 unspecified atom stereocenters. The molecule has 0 aromatic heterocycles. The van der Waals surface area contributed by atoms with Crippen molar-refractivity contribution in [2.75, 3.05) is 13.1 Å². The van der Waals surface area contributed by atoms with Gasteiger partial charge in [0, 0.05) is 25.9 Å². The highest BCUT2D eigenvalue weighted by Gasteiger charge is 2.26. The molecule has 0 radical (unpaired) electrons. The van der Waals surface area contributed by atoms with Crippen molar-refractivity contribution in [2.45, 2.75) is 52.2 Å². The number of amides is 1. The summed E-state index contributed by atoms with van der Waals surface area (Å²) in [5.74, 6) is 0. The van der Waals surface area contributed by atoms with Gasteiger partial charge in [0.15, 0.2) is 0 Å². The van der Waals surface area contributed by atoms with Crippen molar-refractivity contribution in [3.8, 4) is 0 Å². The largest absolute Gasteiger partial charge is 0.498 e. The van der Waals surface area contributed by atoms with Crippen LogP contribution in [-0.2, 0) is 9.47 Å². The second-order valence-electron chi connectivity index (χ2n) is 5.27. The molecule has 4 nitrogen and oxygen atoms in total. The lowest BCUT2D eigenvalue weighted by atomic mass is 10.1. The van der Waals surface area contributed by atoms with Gasteiger partial charge < -0.3 is 14.4 Å². The summed E-state index contributed by atoms with van der Waals surface area (Å²) in [5, 5.41) is 0. The third-order valence-corrected chi connectivity index (χ3v) is 2.50. The number of hydrogen-bond donors (Lipinski definition) is 0. The second-order valence-corrected chi connectivity index (χ2v) is 5.27. The monoisotopic (exact) mass is 241 g/mol. The predicted octanol–water partition coefficient (Wildman–Crippen LogP) is 2.94. The summed E-state index contributed by atoms with van der Waals surface area (Å²) in [6, 6.07) is 0. The molecule has 1 aliphatic rings. The van der Waals surface area contributed by atoms with Crippen LogP contribution in [0.2, 0.25) is 0 Å². The predicted molar refractivity (Wildman–Crippen MR) is 66.7 cm³/mol. The highest BCUT2D eigenvalue weighted by atomic mass is 16.6. The van der Waals surface area contributed by atoms with Crippen molar-refractivity contribution < 1.29 is 14.3 Å². The molecule has 0 aromatic rings. The fourth-order valence-electron chi connectivity index (χ4n) is 1.69. The number of likely N-dealkylation sites (tertiary alicyclic amines) is 1. The molecule has 1 fully saturated rings. The minimum atomic E-state index is -0.421. The zero-order valence-corrected chi connectivity index (χ0v) is 11.2. The first-order valence-corrected chi connectivity index (χ1v) is 6.17. The maximum Gasteiger partial charge on any atom is 0.410 e. The van der Waals surface area contributed by atoms with Crippen LogP contribution in [0.1, 0.15) is 40.5 Å². The van der Waals surface area contributed by atoms with Gasteiger partial charge in [0.2, 0.25) is 0 Å². The zero-order valence-electron chi connectivity index (χ0n) is 11.2. The van der Waals surface area contributed by atoms with E-state index in [0.29, 0.717) is 13.1 Å². The Bertz CT molecular complexity index is 273. The van der Waals surface area contributed by atoms with Gasteiger partial charge >= 0.3 is 6.09 Å². The van der Waals surface area contributed by atoms with Crippen LogP contribution >= 0.6 is 0 Å². The molecule has 0 saturated carbocycles. The maximum absolute atomic E-state index is 11.8. The van der Waals surface area contributed by atoms with E-state index < -0.39 is 5.60 Å². The van der Waals surface area contributed by atoms with E-state index in [4.69, 9.17) is 9.47 Å². The van der Waals surface area contributed by atoms with Gasteiger partial charge in [-0.3, -0.25) is 0 Å². The van der Waals surface area contributed by atoms with Crippen LogP contribution in [0.15, 0.2) is 12.3 Å². The summed E-state index contributed by atoms with van der Waals surface area (Å²) in [5.41, 5.74) is -0.421. The molecule has 0 N–H and O–H groups in total. The van der Waals surface area contributed by atoms with Gasteiger partial charge in [0.1, 0.15) is 11.7 Å². The fourth-order valence-corrected chi connectivity index (χ4v) is 1.69. The molecule has 1 saturated heterocycles. The molecular formula is C13H23NO3. The number of hydrogen-bond acceptors (Lipinski definition) is 3. The van der Waals surface area contributed by atoms with Gasteiger partial charge in [-0.25, -0.2) is 4.79 Å². The molecule has 0 spiro atoms. The molecule has 1 amide bonds. The lowest BCUT2D eigenvalue weighted by Crippen LogP contribution is -2.43. The average molecular weight is 241 g/mol. The third-order valence-electron chi connectivity index (χ3n) is 2.50. The highest BCUT2D eigenvalue weighted by molar-refractivity contribution is 5.68. The summed E-state index contributed by atoms with van der Waals surface area (Å²) >= 11 is 0. The molecule has 0 aromatic carbocycles. The smallest absolute Gasteiger partial charge is 0.410 e. The molecular weight excluding hydrogens is 218 g/mol. The number of rotatable bonds is 2. The Hall–Kier alpha value is -1.19. The first-order chi connectivity index (χ1) is 7.92. The minimum absolute atomic E-state index is 0.220. The molecule has 17 heavy (non-hydrogen) atoms. The average Bonchev–Trinajstić information content (AvgIpc) is 2.24. The Labute approximate surface area is 104 Å². The van der Waals surface area contributed by atoms with E-state index in [1.165, 1.54) is 0 Å². The quantitative estimate of drug-likeness (QED) is 0.698. The maximum atomic E-state index is 11.8. The van der Waals surface area contributed by atoms with Crippen LogP contribution in [-0.4, -0.2) is 35.8 Å². The third kappa shape index (κ3) is 5.11. The summed E-state index contributed by atoms with van der Waals surface area (Å²) in [6.45, 7) is 8.98. The first-order valence-electron chi connectivity index (χ1n) is 6.17. The van der Waals surface area contributed by atoms with Gasteiger partial charge in [-0.15, -0.1) is 0 Å². The zero-order chi connectivity index (χ0) is 12.9. The lowest BCUT2D eigenvalue weighted by Gasteiger charge is -2.33. The van der Waals surface area contributed by atoms with Crippen molar-refractivity contribution >= 4 is 6.09 Å². The van der Waals surface area contributed by atoms with Crippen LogP contribution in [0.3, 0.4) is 0 Å². The van der Waals surface area contributed by atoms with E-state index in [1.807, 2.05) is 33.8 Å². The molecule has 1 aliphatic heterocycles.